The molecule has 2 bridgehead atoms. The van der Waals surface area contributed by atoms with Crippen molar-refractivity contribution in [3.05, 3.63) is 71.8 Å². The number of rotatable bonds is 6. The number of aromatic nitrogens is 1. The van der Waals surface area contributed by atoms with Gasteiger partial charge in [-0.1, -0.05) is 24.3 Å². The fourth-order valence-electron chi connectivity index (χ4n) is 4.79. The van der Waals surface area contributed by atoms with E-state index in [1.54, 1.807) is 47.4 Å². The Bertz CT molecular complexity index is 1490. The third-order valence-electron chi connectivity index (χ3n) is 6.72. The molecule has 3 heterocycles. The van der Waals surface area contributed by atoms with Gasteiger partial charge in [0, 0.05) is 30.9 Å². The summed E-state index contributed by atoms with van der Waals surface area (Å²) in [5.41, 5.74) is 2.04. The van der Waals surface area contributed by atoms with E-state index in [1.165, 1.54) is 13.1 Å². The van der Waals surface area contributed by atoms with E-state index in [9.17, 15) is 22.8 Å². The van der Waals surface area contributed by atoms with Crippen LogP contribution in [0.5, 0.6) is 0 Å². The fourth-order valence-corrected chi connectivity index (χ4v) is 4.79. The highest BCUT2D eigenvalue weighted by Crippen LogP contribution is 2.41. The Kier molecular flexibility index (Phi) is 7.47. The predicted octanol–water partition coefficient (Wildman–Crippen LogP) is 4.62. The second-order valence-corrected chi connectivity index (χ2v) is 9.37. The zero-order valence-corrected chi connectivity index (χ0v) is 21.5. The lowest BCUT2D eigenvalue weighted by Crippen LogP contribution is -2.48. The maximum atomic E-state index is 13.5. The second-order valence-electron chi connectivity index (χ2n) is 9.37. The number of hydrogen-bond acceptors (Lipinski definition) is 6. The van der Waals surface area contributed by atoms with Crippen LogP contribution < -0.4 is 25.3 Å². The molecular formula is C27H26F3N8O2+. The maximum Gasteiger partial charge on any atom is 0.416 e. The SMILES string of the molecule is CN=[N+]=NCC(=O)NCc1ccc(NC(=O)N2c3nc(-c4cccc(C(F)(F)F)c4)ccc3N3CC[C@H]2C3)cc1. The third kappa shape index (κ3) is 5.79. The predicted molar refractivity (Wildman–Crippen MR) is 143 cm³/mol. The number of carbonyl (C=O) groups excluding carboxylic acids is 2. The van der Waals surface area contributed by atoms with Gasteiger partial charge in [0.15, 0.2) is 5.82 Å². The Hall–Kier alpha value is -4.77. The topological polar surface area (TPSA) is 116 Å². The average Bonchev–Trinajstić information content (AvgIpc) is 3.36. The molecule has 2 aliphatic rings. The van der Waals surface area contributed by atoms with Crippen molar-refractivity contribution in [3.8, 4) is 11.3 Å². The average molecular weight is 552 g/mol. The van der Waals surface area contributed by atoms with Gasteiger partial charge in [-0.05, 0) is 48.4 Å². The Morgan fingerprint density at radius 3 is 2.67 bits per heavy atom. The van der Waals surface area contributed by atoms with Crippen molar-refractivity contribution in [3.63, 3.8) is 0 Å². The third-order valence-corrected chi connectivity index (χ3v) is 6.72. The van der Waals surface area contributed by atoms with Crippen LogP contribution in [0.1, 0.15) is 17.5 Å². The Balaban J connectivity index is 1.33. The van der Waals surface area contributed by atoms with Crippen molar-refractivity contribution in [2.24, 2.45) is 10.2 Å². The number of pyridine rings is 1. The first-order valence-corrected chi connectivity index (χ1v) is 12.6. The molecule has 3 amide bonds. The van der Waals surface area contributed by atoms with E-state index < -0.39 is 11.7 Å². The summed E-state index contributed by atoms with van der Waals surface area (Å²) in [5.74, 6) is 0.115. The fraction of sp³-hybridized carbons (Fsp3) is 0.296. The number of carbonyl (C=O) groups is 2. The summed E-state index contributed by atoms with van der Waals surface area (Å²) < 4.78 is 39.9. The van der Waals surface area contributed by atoms with E-state index in [-0.39, 0.29) is 31.1 Å². The van der Waals surface area contributed by atoms with Gasteiger partial charge in [-0.25, -0.2) is 9.78 Å². The van der Waals surface area contributed by atoms with Crippen LogP contribution in [0.15, 0.2) is 70.9 Å². The zero-order chi connectivity index (χ0) is 28.3. The van der Waals surface area contributed by atoms with Gasteiger partial charge in [0.2, 0.25) is 17.4 Å². The van der Waals surface area contributed by atoms with Gasteiger partial charge in [-0.2, -0.15) is 13.2 Å². The molecule has 0 aliphatic carbocycles. The van der Waals surface area contributed by atoms with E-state index in [0.29, 0.717) is 29.3 Å². The number of nitrogens with one attached hydrogen (secondary N) is 2. The summed E-state index contributed by atoms with van der Waals surface area (Å²) in [4.78, 5) is 37.1. The summed E-state index contributed by atoms with van der Waals surface area (Å²) in [5, 5.41) is 12.7. The van der Waals surface area contributed by atoms with Gasteiger partial charge in [-0.3, -0.25) is 9.69 Å². The van der Waals surface area contributed by atoms with E-state index in [4.69, 9.17) is 0 Å². The molecule has 1 atom stereocenters. The molecule has 1 saturated heterocycles. The monoisotopic (exact) mass is 551 g/mol. The van der Waals surface area contributed by atoms with Crippen LogP contribution in [0.4, 0.5) is 35.2 Å². The Morgan fingerprint density at radius 1 is 1.12 bits per heavy atom. The lowest BCUT2D eigenvalue weighted by molar-refractivity contribution is -0.137. The maximum absolute atomic E-state index is 13.5. The highest BCUT2D eigenvalue weighted by atomic mass is 19.4. The number of amides is 3. The minimum Gasteiger partial charge on any atom is -0.366 e. The molecule has 0 spiro atoms. The van der Waals surface area contributed by atoms with Gasteiger partial charge < -0.3 is 15.5 Å². The summed E-state index contributed by atoms with van der Waals surface area (Å²) in [6.07, 6.45) is -3.73. The Morgan fingerprint density at radius 2 is 1.93 bits per heavy atom. The van der Waals surface area contributed by atoms with E-state index in [1.807, 2.05) is 0 Å². The molecule has 1 aromatic heterocycles. The van der Waals surface area contributed by atoms with Crippen LogP contribution in [0.2, 0.25) is 0 Å². The summed E-state index contributed by atoms with van der Waals surface area (Å²) >= 11 is 0. The van der Waals surface area contributed by atoms with Crippen LogP contribution in [0.3, 0.4) is 0 Å². The van der Waals surface area contributed by atoms with Gasteiger partial charge in [0.1, 0.15) is 17.3 Å². The first-order chi connectivity index (χ1) is 19.2. The first kappa shape index (κ1) is 26.8. The number of hydrogen-bond donors (Lipinski definition) is 2. The molecule has 2 N–H and O–H groups in total. The van der Waals surface area contributed by atoms with Crippen molar-refractivity contribution in [1.29, 1.82) is 0 Å². The molecule has 5 rings (SSSR count). The summed E-state index contributed by atoms with van der Waals surface area (Å²) in [7, 11) is 1.46. The Labute approximate surface area is 227 Å². The van der Waals surface area contributed by atoms with Gasteiger partial charge in [0.25, 0.3) is 0 Å². The van der Waals surface area contributed by atoms with Crippen LogP contribution in [-0.2, 0) is 17.5 Å². The molecule has 3 aromatic rings. The molecule has 2 aromatic carbocycles. The van der Waals surface area contributed by atoms with Crippen LogP contribution in [-0.4, -0.2) is 49.6 Å². The molecule has 1 fully saturated rings. The normalized spacial score (nSPS) is 15.7. The number of halogens is 3. The zero-order valence-electron chi connectivity index (χ0n) is 21.5. The van der Waals surface area contributed by atoms with Crippen molar-refractivity contribution in [2.45, 2.75) is 25.2 Å². The molecule has 10 nitrogen and oxygen atoms in total. The lowest BCUT2D eigenvalue weighted by Gasteiger charge is -2.36. The van der Waals surface area contributed by atoms with Crippen molar-refractivity contribution in [2.75, 3.05) is 41.8 Å². The first-order valence-electron chi connectivity index (χ1n) is 12.6. The highest BCUT2D eigenvalue weighted by molar-refractivity contribution is 6.04. The second kappa shape index (κ2) is 11.1. The largest absolute Gasteiger partial charge is 0.416 e. The molecule has 13 heteroatoms. The minimum atomic E-state index is -4.47. The minimum absolute atomic E-state index is 0.120. The standard InChI is InChI=1S/C27H25F3N8O2/c1-31-36-33-15-24(39)32-14-17-5-7-20(8-6-17)34-26(40)38-21-11-12-37(16-21)23-10-9-22(35-25(23)38)18-3-2-4-19(13-18)27(28,29)30/h2-10,13,21H,11-12,14-16H2,1H3,(H-,32,34,39,40)/p+1/t21-/m0/s1. The van der Waals surface area contributed by atoms with Crippen molar-refractivity contribution in [1.82, 2.24) is 15.2 Å². The number of anilines is 3. The molecule has 0 radical (unpaired) electrons. The van der Waals surface area contributed by atoms with Crippen molar-refractivity contribution >= 4 is 29.1 Å². The number of nitrogens with zero attached hydrogens (tertiary/aromatic N) is 6. The molecule has 40 heavy (non-hydrogen) atoms. The molecule has 206 valence electrons. The highest BCUT2D eigenvalue weighted by Gasteiger charge is 2.40. The van der Waals surface area contributed by atoms with Crippen LogP contribution in [0.25, 0.3) is 11.3 Å². The molecule has 0 saturated carbocycles. The molecule has 0 unspecified atom stereocenters. The summed E-state index contributed by atoms with van der Waals surface area (Å²) in [6, 6.07) is 15.0. The van der Waals surface area contributed by atoms with Gasteiger partial charge in [0.05, 0.1) is 23.0 Å². The molecular weight excluding hydrogens is 525 g/mol. The van der Waals surface area contributed by atoms with Crippen molar-refractivity contribution < 1.29 is 22.8 Å². The smallest absolute Gasteiger partial charge is 0.366 e. The van der Waals surface area contributed by atoms with E-state index in [0.717, 1.165) is 36.3 Å². The number of urea groups is 1. The lowest BCUT2D eigenvalue weighted by atomic mass is 10.1. The quantitative estimate of drug-likeness (QED) is 0.344. The van der Waals surface area contributed by atoms with E-state index in [2.05, 4.69) is 35.7 Å². The summed E-state index contributed by atoms with van der Waals surface area (Å²) in [6.45, 7) is 1.56. The van der Waals surface area contributed by atoms with Gasteiger partial charge >= 0.3 is 12.2 Å². The molecule has 2 aliphatic heterocycles. The van der Waals surface area contributed by atoms with Crippen LogP contribution >= 0.6 is 0 Å². The number of fused-ring (bicyclic) bond motifs is 4. The van der Waals surface area contributed by atoms with Gasteiger partial charge in [-0.15, -0.1) is 0 Å². The van der Waals surface area contributed by atoms with E-state index >= 15 is 0 Å². The number of alkyl halides is 3. The van der Waals surface area contributed by atoms with Crippen LogP contribution in [0, 0.1) is 0 Å². The number of benzene rings is 2.